The number of esters is 1. The highest BCUT2D eigenvalue weighted by Crippen LogP contribution is 2.45. The lowest BCUT2D eigenvalue weighted by Crippen LogP contribution is -2.28. The first-order chi connectivity index (χ1) is 14.7. The maximum absolute atomic E-state index is 12.6. The number of methoxy groups -OCH3 is 1. The molecule has 3 rings (SSSR count). The van der Waals surface area contributed by atoms with Gasteiger partial charge < -0.3 is 10.1 Å². The van der Waals surface area contributed by atoms with Crippen molar-refractivity contribution in [2.75, 3.05) is 12.4 Å². The lowest BCUT2D eigenvalue weighted by Gasteiger charge is -2.36. The molecular formula is C24H27Cl2NO3S. The van der Waals surface area contributed by atoms with Crippen molar-refractivity contribution in [1.82, 2.24) is 0 Å². The van der Waals surface area contributed by atoms with Gasteiger partial charge in [0.25, 0.3) is 0 Å². The van der Waals surface area contributed by atoms with Crippen molar-refractivity contribution in [3.63, 3.8) is 0 Å². The van der Waals surface area contributed by atoms with Gasteiger partial charge in [-0.2, -0.15) is 0 Å². The first-order valence-electron chi connectivity index (χ1n) is 10.3. The van der Waals surface area contributed by atoms with Crippen LogP contribution in [-0.4, -0.2) is 19.0 Å². The van der Waals surface area contributed by atoms with E-state index < -0.39 is 5.97 Å². The Balaban J connectivity index is 1.84. The van der Waals surface area contributed by atoms with E-state index in [2.05, 4.69) is 26.1 Å². The number of amides is 1. The summed E-state index contributed by atoms with van der Waals surface area (Å²) in [7, 11) is 1.37. The standard InChI is InChI=1S/C24H27Cl2NO3S/c1-5-24(2,3)15-8-9-16-19(13-15)31-22(21(16)23(29)30-4)27-20(28)11-7-14-6-10-17(25)18(26)12-14/h6-7,10-12,15H,5,8-9,13H2,1-4H3,(H,27,28)/b11-7+. The minimum Gasteiger partial charge on any atom is -0.465 e. The van der Waals surface area contributed by atoms with Gasteiger partial charge in [-0.15, -0.1) is 11.3 Å². The fraction of sp³-hybridized carbons (Fsp3) is 0.417. The number of fused-ring (bicyclic) bond motifs is 1. The Hall–Kier alpha value is -1.82. The highest BCUT2D eigenvalue weighted by Gasteiger charge is 2.35. The molecule has 4 nitrogen and oxygen atoms in total. The summed E-state index contributed by atoms with van der Waals surface area (Å²) in [5.41, 5.74) is 2.50. The molecule has 166 valence electrons. The first-order valence-corrected chi connectivity index (χ1v) is 11.9. The van der Waals surface area contributed by atoms with Crippen LogP contribution in [0.15, 0.2) is 24.3 Å². The van der Waals surface area contributed by atoms with Gasteiger partial charge in [-0.05, 0) is 59.9 Å². The third kappa shape index (κ3) is 5.33. The monoisotopic (exact) mass is 479 g/mol. The molecule has 1 unspecified atom stereocenters. The zero-order valence-corrected chi connectivity index (χ0v) is 20.5. The number of anilines is 1. The minimum atomic E-state index is -0.408. The average Bonchev–Trinajstić information content (AvgIpc) is 3.10. The third-order valence-corrected chi connectivity index (χ3v) is 8.19. The Morgan fingerprint density at radius 3 is 2.68 bits per heavy atom. The summed E-state index contributed by atoms with van der Waals surface area (Å²) < 4.78 is 5.02. The minimum absolute atomic E-state index is 0.235. The van der Waals surface area contributed by atoms with Crippen LogP contribution in [0, 0.1) is 11.3 Å². The van der Waals surface area contributed by atoms with Crippen LogP contribution in [0.5, 0.6) is 0 Å². The zero-order chi connectivity index (χ0) is 22.8. The zero-order valence-electron chi connectivity index (χ0n) is 18.2. The van der Waals surface area contributed by atoms with Crippen LogP contribution in [0.1, 0.15) is 60.0 Å². The molecule has 0 bridgehead atoms. The second-order valence-electron chi connectivity index (χ2n) is 8.48. The molecule has 0 radical (unpaired) electrons. The van der Waals surface area contributed by atoms with Crippen LogP contribution in [-0.2, 0) is 22.4 Å². The molecule has 2 aromatic rings. The highest BCUT2D eigenvalue weighted by molar-refractivity contribution is 7.17. The van der Waals surface area contributed by atoms with E-state index in [1.165, 1.54) is 29.4 Å². The number of rotatable bonds is 6. The first kappa shape index (κ1) is 23.8. The number of ether oxygens (including phenoxy) is 1. The number of thiophene rings is 1. The summed E-state index contributed by atoms with van der Waals surface area (Å²) in [5.74, 6) is -0.179. The fourth-order valence-corrected chi connectivity index (χ4v) is 5.51. The number of hydrogen-bond acceptors (Lipinski definition) is 4. The van der Waals surface area contributed by atoms with Crippen LogP contribution in [0.2, 0.25) is 10.0 Å². The van der Waals surface area contributed by atoms with Gasteiger partial charge >= 0.3 is 5.97 Å². The molecule has 0 spiro atoms. The van der Waals surface area contributed by atoms with E-state index in [0.29, 0.717) is 26.5 Å². The molecule has 0 fully saturated rings. The second-order valence-corrected chi connectivity index (χ2v) is 10.4. The Morgan fingerprint density at radius 2 is 2.03 bits per heavy atom. The normalized spacial score (nSPS) is 16.3. The number of halogens is 2. The summed E-state index contributed by atoms with van der Waals surface area (Å²) in [6.45, 7) is 6.82. The van der Waals surface area contributed by atoms with Crippen LogP contribution in [0.4, 0.5) is 5.00 Å². The number of benzene rings is 1. The molecule has 1 aliphatic rings. The summed E-state index contributed by atoms with van der Waals surface area (Å²) in [6.07, 6.45) is 6.94. The van der Waals surface area contributed by atoms with E-state index >= 15 is 0 Å². The summed E-state index contributed by atoms with van der Waals surface area (Å²) in [4.78, 5) is 26.3. The predicted octanol–water partition coefficient (Wildman–Crippen LogP) is 7.03. The maximum atomic E-state index is 12.6. The predicted molar refractivity (Wildman–Crippen MR) is 129 cm³/mol. The SMILES string of the molecule is CCC(C)(C)C1CCc2c(sc(NC(=O)/C=C/c3ccc(Cl)c(Cl)c3)c2C(=O)OC)C1. The molecule has 1 aromatic heterocycles. The number of carbonyl (C=O) groups is 2. The van der Waals surface area contributed by atoms with E-state index in [4.69, 9.17) is 27.9 Å². The van der Waals surface area contributed by atoms with E-state index in [1.54, 1.807) is 24.3 Å². The number of hydrogen-bond donors (Lipinski definition) is 1. The second kappa shape index (κ2) is 9.76. The summed E-state index contributed by atoms with van der Waals surface area (Å²) in [5, 5.41) is 4.31. The van der Waals surface area contributed by atoms with Crippen molar-refractivity contribution in [2.24, 2.45) is 11.3 Å². The molecule has 1 N–H and O–H groups in total. The average molecular weight is 480 g/mol. The van der Waals surface area contributed by atoms with Crippen molar-refractivity contribution in [3.8, 4) is 0 Å². The van der Waals surface area contributed by atoms with Crippen molar-refractivity contribution in [3.05, 3.63) is 55.9 Å². The smallest absolute Gasteiger partial charge is 0.341 e. The fourth-order valence-electron chi connectivity index (χ4n) is 3.89. The van der Waals surface area contributed by atoms with E-state index in [-0.39, 0.29) is 11.3 Å². The summed E-state index contributed by atoms with van der Waals surface area (Å²) >= 11 is 13.4. The molecule has 7 heteroatoms. The lowest BCUT2D eigenvalue weighted by molar-refractivity contribution is -0.111. The van der Waals surface area contributed by atoms with Gasteiger partial charge in [0.2, 0.25) is 5.91 Å². The molecule has 0 aliphatic heterocycles. The molecule has 31 heavy (non-hydrogen) atoms. The number of carbonyl (C=O) groups excluding carboxylic acids is 2. The largest absolute Gasteiger partial charge is 0.465 e. The van der Waals surface area contributed by atoms with Crippen molar-refractivity contribution in [2.45, 2.75) is 46.5 Å². The topological polar surface area (TPSA) is 55.4 Å². The van der Waals surface area contributed by atoms with Gasteiger partial charge in [0.15, 0.2) is 0 Å². The van der Waals surface area contributed by atoms with Crippen LogP contribution < -0.4 is 5.32 Å². The van der Waals surface area contributed by atoms with Crippen molar-refractivity contribution < 1.29 is 14.3 Å². The quantitative estimate of drug-likeness (QED) is 0.357. The number of nitrogens with one attached hydrogen (secondary N) is 1. The van der Waals surface area contributed by atoms with Gasteiger partial charge in [-0.1, -0.05) is 56.5 Å². The molecule has 1 heterocycles. The Morgan fingerprint density at radius 1 is 1.29 bits per heavy atom. The summed E-state index contributed by atoms with van der Waals surface area (Å²) in [6, 6.07) is 5.14. The van der Waals surface area contributed by atoms with Crippen molar-refractivity contribution in [1.29, 1.82) is 0 Å². The van der Waals surface area contributed by atoms with Gasteiger partial charge in [-0.3, -0.25) is 4.79 Å². The lowest BCUT2D eigenvalue weighted by atomic mass is 9.69. The van der Waals surface area contributed by atoms with Crippen LogP contribution in [0.3, 0.4) is 0 Å². The molecule has 1 atom stereocenters. The van der Waals surface area contributed by atoms with Crippen LogP contribution >= 0.6 is 34.5 Å². The molecule has 1 aromatic carbocycles. The molecular weight excluding hydrogens is 453 g/mol. The van der Waals surface area contributed by atoms with E-state index in [9.17, 15) is 9.59 Å². The van der Waals surface area contributed by atoms with Gasteiger partial charge in [-0.25, -0.2) is 4.79 Å². The Labute approximate surface area is 197 Å². The van der Waals surface area contributed by atoms with E-state index in [1.807, 2.05) is 0 Å². The Bertz CT molecular complexity index is 1030. The Kier molecular flexibility index (Phi) is 7.51. The van der Waals surface area contributed by atoms with Gasteiger partial charge in [0, 0.05) is 11.0 Å². The maximum Gasteiger partial charge on any atom is 0.341 e. The molecule has 1 amide bonds. The molecule has 1 aliphatic carbocycles. The third-order valence-electron chi connectivity index (χ3n) is 6.28. The highest BCUT2D eigenvalue weighted by atomic mass is 35.5. The van der Waals surface area contributed by atoms with Crippen LogP contribution in [0.25, 0.3) is 6.08 Å². The van der Waals surface area contributed by atoms with E-state index in [0.717, 1.165) is 36.8 Å². The molecule has 0 saturated heterocycles. The van der Waals surface area contributed by atoms with Gasteiger partial charge in [0.1, 0.15) is 5.00 Å². The molecule has 0 saturated carbocycles. The van der Waals surface area contributed by atoms with Gasteiger partial charge in [0.05, 0.1) is 22.7 Å². The van der Waals surface area contributed by atoms with Crippen molar-refractivity contribution >= 4 is 57.5 Å².